The Morgan fingerprint density at radius 1 is 1.29 bits per heavy atom. The number of aryl methyl sites for hydroxylation is 1. The van der Waals surface area contributed by atoms with Crippen molar-refractivity contribution in [3.63, 3.8) is 0 Å². The van der Waals surface area contributed by atoms with E-state index in [1.54, 1.807) is 5.56 Å². The average molecular weight is 301 g/mol. The van der Waals surface area contributed by atoms with Crippen molar-refractivity contribution in [1.82, 2.24) is 5.32 Å². The van der Waals surface area contributed by atoms with Gasteiger partial charge in [-0.05, 0) is 84.6 Å². The van der Waals surface area contributed by atoms with Gasteiger partial charge in [-0.1, -0.05) is 6.07 Å². The van der Waals surface area contributed by atoms with Gasteiger partial charge in [-0.2, -0.15) is 0 Å². The molecular formula is C12H16IN. The van der Waals surface area contributed by atoms with Crippen LogP contribution in [0.15, 0.2) is 18.2 Å². The Balaban J connectivity index is 2.22. The lowest BCUT2D eigenvalue weighted by Gasteiger charge is -2.24. The molecule has 76 valence electrons. The molecule has 0 amide bonds. The molecular weight excluding hydrogens is 285 g/mol. The van der Waals surface area contributed by atoms with Crippen LogP contribution in [0, 0.1) is 10.5 Å². The third-order valence-corrected chi connectivity index (χ3v) is 3.68. The SMILES string of the molecule is Cc1cc(I)ccc1C1CCNCC1. The Labute approximate surface area is 99.4 Å². The van der Waals surface area contributed by atoms with E-state index >= 15 is 0 Å². The van der Waals surface area contributed by atoms with Crippen molar-refractivity contribution >= 4 is 22.6 Å². The maximum atomic E-state index is 3.41. The van der Waals surface area contributed by atoms with Crippen molar-refractivity contribution in [3.8, 4) is 0 Å². The molecule has 0 aromatic heterocycles. The molecule has 1 nitrogen and oxygen atoms in total. The fraction of sp³-hybridized carbons (Fsp3) is 0.500. The number of hydrogen-bond donors (Lipinski definition) is 1. The first kappa shape index (κ1) is 10.4. The first-order valence-electron chi connectivity index (χ1n) is 5.24. The van der Waals surface area contributed by atoms with Gasteiger partial charge in [0.05, 0.1) is 0 Å². The van der Waals surface area contributed by atoms with Crippen LogP contribution in [-0.4, -0.2) is 13.1 Å². The van der Waals surface area contributed by atoms with Crippen molar-refractivity contribution in [2.75, 3.05) is 13.1 Å². The molecule has 0 bridgehead atoms. The fourth-order valence-corrected chi connectivity index (χ4v) is 2.88. The lowest BCUT2D eigenvalue weighted by molar-refractivity contribution is 0.459. The molecule has 14 heavy (non-hydrogen) atoms. The van der Waals surface area contributed by atoms with E-state index in [0.29, 0.717) is 0 Å². The van der Waals surface area contributed by atoms with Gasteiger partial charge in [0.1, 0.15) is 0 Å². The molecule has 0 radical (unpaired) electrons. The van der Waals surface area contributed by atoms with Crippen molar-refractivity contribution < 1.29 is 0 Å². The summed E-state index contributed by atoms with van der Waals surface area (Å²) >= 11 is 2.38. The lowest BCUT2D eigenvalue weighted by Crippen LogP contribution is -2.26. The molecule has 1 aromatic carbocycles. The van der Waals surface area contributed by atoms with Crippen LogP contribution in [0.25, 0.3) is 0 Å². The lowest BCUT2D eigenvalue weighted by atomic mass is 9.88. The van der Waals surface area contributed by atoms with E-state index in [2.05, 4.69) is 53.0 Å². The molecule has 1 aromatic rings. The molecule has 2 rings (SSSR count). The van der Waals surface area contributed by atoms with Crippen molar-refractivity contribution in [1.29, 1.82) is 0 Å². The van der Waals surface area contributed by atoms with E-state index in [-0.39, 0.29) is 0 Å². The minimum atomic E-state index is 0.785. The Bertz CT molecular complexity index is 316. The standard InChI is InChI=1S/C12H16IN/c1-9-8-11(13)2-3-12(9)10-4-6-14-7-5-10/h2-3,8,10,14H,4-7H2,1H3. The van der Waals surface area contributed by atoms with E-state index in [1.807, 2.05) is 0 Å². The number of halogens is 1. The van der Waals surface area contributed by atoms with Crippen molar-refractivity contribution in [2.45, 2.75) is 25.7 Å². The molecule has 1 aliphatic rings. The molecule has 0 saturated carbocycles. The summed E-state index contributed by atoms with van der Waals surface area (Å²) in [4.78, 5) is 0. The van der Waals surface area contributed by atoms with E-state index in [0.717, 1.165) is 5.92 Å². The molecule has 1 N–H and O–H groups in total. The number of benzene rings is 1. The maximum absolute atomic E-state index is 3.41. The summed E-state index contributed by atoms with van der Waals surface area (Å²) in [7, 11) is 0. The summed E-state index contributed by atoms with van der Waals surface area (Å²) in [5.74, 6) is 0.785. The van der Waals surface area contributed by atoms with Gasteiger partial charge < -0.3 is 5.32 Å². The predicted molar refractivity (Wildman–Crippen MR) is 68.7 cm³/mol. The van der Waals surface area contributed by atoms with Gasteiger partial charge in [0.15, 0.2) is 0 Å². The van der Waals surface area contributed by atoms with Gasteiger partial charge in [-0.15, -0.1) is 0 Å². The Hall–Kier alpha value is -0.0900. The van der Waals surface area contributed by atoms with Crippen LogP contribution in [0.2, 0.25) is 0 Å². The average Bonchev–Trinajstić information content (AvgIpc) is 2.19. The van der Waals surface area contributed by atoms with Crippen LogP contribution in [0.1, 0.15) is 29.9 Å². The van der Waals surface area contributed by atoms with Crippen molar-refractivity contribution in [2.24, 2.45) is 0 Å². The first-order chi connectivity index (χ1) is 6.77. The second kappa shape index (κ2) is 4.62. The topological polar surface area (TPSA) is 12.0 Å². The highest BCUT2D eigenvalue weighted by Crippen LogP contribution is 2.28. The summed E-state index contributed by atoms with van der Waals surface area (Å²) < 4.78 is 1.35. The van der Waals surface area contributed by atoms with Gasteiger partial charge in [-0.3, -0.25) is 0 Å². The molecule has 0 aliphatic carbocycles. The van der Waals surface area contributed by atoms with Crippen LogP contribution < -0.4 is 5.32 Å². The zero-order valence-electron chi connectivity index (χ0n) is 8.52. The maximum Gasteiger partial charge on any atom is 0.0133 e. The van der Waals surface area contributed by atoms with E-state index in [1.165, 1.54) is 35.1 Å². The molecule has 2 heteroatoms. The summed E-state index contributed by atoms with van der Waals surface area (Å²) in [6.07, 6.45) is 2.59. The van der Waals surface area contributed by atoms with Gasteiger partial charge in [0, 0.05) is 3.57 Å². The number of hydrogen-bond acceptors (Lipinski definition) is 1. The summed E-state index contributed by atoms with van der Waals surface area (Å²) in [5.41, 5.74) is 3.02. The second-order valence-electron chi connectivity index (χ2n) is 4.03. The van der Waals surface area contributed by atoms with E-state index < -0.39 is 0 Å². The smallest absolute Gasteiger partial charge is 0.0133 e. The van der Waals surface area contributed by atoms with Crippen LogP contribution in [0.4, 0.5) is 0 Å². The number of nitrogens with one attached hydrogen (secondary N) is 1. The van der Waals surface area contributed by atoms with Crippen LogP contribution in [0.3, 0.4) is 0 Å². The largest absolute Gasteiger partial charge is 0.317 e. The monoisotopic (exact) mass is 301 g/mol. The highest BCUT2D eigenvalue weighted by molar-refractivity contribution is 14.1. The molecule has 1 heterocycles. The van der Waals surface area contributed by atoms with Crippen LogP contribution in [-0.2, 0) is 0 Å². The van der Waals surface area contributed by atoms with Crippen LogP contribution >= 0.6 is 22.6 Å². The van der Waals surface area contributed by atoms with Crippen LogP contribution in [0.5, 0.6) is 0 Å². The van der Waals surface area contributed by atoms with Gasteiger partial charge >= 0.3 is 0 Å². The summed E-state index contributed by atoms with van der Waals surface area (Å²) in [5, 5.41) is 3.41. The Morgan fingerprint density at radius 2 is 2.00 bits per heavy atom. The third kappa shape index (κ3) is 2.28. The first-order valence-corrected chi connectivity index (χ1v) is 6.32. The highest BCUT2D eigenvalue weighted by atomic mass is 127. The Morgan fingerprint density at radius 3 is 2.64 bits per heavy atom. The molecule has 1 aliphatic heterocycles. The van der Waals surface area contributed by atoms with E-state index in [4.69, 9.17) is 0 Å². The summed E-state index contributed by atoms with van der Waals surface area (Å²) in [6, 6.07) is 6.83. The minimum Gasteiger partial charge on any atom is -0.317 e. The third-order valence-electron chi connectivity index (χ3n) is 3.01. The number of piperidine rings is 1. The minimum absolute atomic E-state index is 0.785. The summed E-state index contributed by atoms with van der Waals surface area (Å²) in [6.45, 7) is 4.59. The highest BCUT2D eigenvalue weighted by Gasteiger charge is 2.16. The quantitative estimate of drug-likeness (QED) is 0.786. The number of rotatable bonds is 1. The molecule has 0 atom stereocenters. The fourth-order valence-electron chi connectivity index (χ4n) is 2.23. The molecule has 0 spiro atoms. The molecule has 1 saturated heterocycles. The zero-order valence-corrected chi connectivity index (χ0v) is 10.7. The predicted octanol–water partition coefficient (Wildman–Crippen LogP) is 3.07. The van der Waals surface area contributed by atoms with E-state index in [9.17, 15) is 0 Å². The van der Waals surface area contributed by atoms with Gasteiger partial charge in [0.2, 0.25) is 0 Å². The second-order valence-corrected chi connectivity index (χ2v) is 5.27. The van der Waals surface area contributed by atoms with Crippen molar-refractivity contribution in [3.05, 3.63) is 32.9 Å². The Kier molecular flexibility index (Phi) is 3.44. The molecule has 0 unspecified atom stereocenters. The zero-order chi connectivity index (χ0) is 9.97. The van der Waals surface area contributed by atoms with Gasteiger partial charge in [-0.25, -0.2) is 0 Å². The molecule has 1 fully saturated rings. The van der Waals surface area contributed by atoms with Gasteiger partial charge in [0.25, 0.3) is 0 Å². The normalized spacial score (nSPS) is 18.4.